The number of imide groups is 1. The monoisotopic (exact) mass is 582 g/mol. The van der Waals surface area contributed by atoms with E-state index in [-0.39, 0.29) is 41.4 Å². The van der Waals surface area contributed by atoms with Gasteiger partial charge in [-0.15, -0.1) is 0 Å². The highest BCUT2D eigenvalue weighted by molar-refractivity contribution is 6.32. The Morgan fingerprint density at radius 2 is 1.76 bits per heavy atom. The fourth-order valence-electron chi connectivity index (χ4n) is 6.78. The van der Waals surface area contributed by atoms with Crippen molar-refractivity contribution in [2.75, 3.05) is 16.8 Å². The number of phenolic OH excluding ortho intramolecular Hbond substituents is 1. The Kier molecular flexibility index (Phi) is 7.93. The first-order chi connectivity index (χ1) is 20.3. The second kappa shape index (κ2) is 11.8. The number of halogens is 1. The lowest BCUT2D eigenvalue weighted by molar-refractivity contribution is -0.122. The number of benzene rings is 3. The minimum atomic E-state index is -0.387. The van der Waals surface area contributed by atoms with Crippen molar-refractivity contribution in [2.24, 2.45) is 17.8 Å². The van der Waals surface area contributed by atoms with Gasteiger partial charge in [-0.1, -0.05) is 53.9 Å². The molecular formula is C35H35ClN2O4. The van der Waals surface area contributed by atoms with Crippen molar-refractivity contribution >= 4 is 46.6 Å². The summed E-state index contributed by atoms with van der Waals surface area (Å²) in [6, 6.07) is 22.4. The van der Waals surface area contributed by atoms with Gasteiger partial charge < -0.3 is 15.2 Å². The van der Waals surface area contributed by atoms with E-state index in [2.05, 4.69) is 19.2 Å². The molecule has 1 aliphatic carbocycles. The molecular weight excluding hydrogens is 548 g/mol. The summed E-state index contributed by atoms with van der Waals surface area (Å²) in [5.74, 6) is -0.878. The lowest BCUT2D eigenvalue weighted by atomic mass is 9.69. The van der Waals surface area contributed by atoms with Crippen LogP contribution in [0, 0.1) is 17.8 Å². The summed E-state index contributed by atoms with van der Waals surface area (Å²) >= 11 is 6.30. The van der Waals surface area contributed by atoms with Crippen molar-refractivity contribution < 1.29 is 19.4 Å². The van der Waals surface area contributed by atoms with Gasteiger partial charge in [0, 0.05) is 17.3 Å². The number of anilines is 3. The van der Waals surface area contributed by atoms with Crippen molar-refractivity contribution in [3.05, 3.63) is 100 Å². The summed E-state index contributed by atoms with van der Waals surface area (Å²) in [6.45, 7) is 4.66. The zero-order valence-electron chi connectivity index (χ0n) is 23.8. The highest BCUT2D eigenvalue weighted by Gasteiger charge is 2.57. The quantitative estimate of drug-likeness (QED) is 0.208. The first-order valence-electron chi connectivity index (χ1n) is 14.6. The number of amides is 2. The van der Waals surface area contributed by atoms with E-state index in [0.29, 0.717) is 23.7 Å². The van der Waals surface area contributed by atoms with Crippen LogP contribution in [0.25, 0.3) is 6.08 Å². The largest absolute Gasteiger partial charge is 0.508 e. The maximum atomic E-state index is 13.9. The van der Waals surface area contributed by atoms with Gasteiger partial charge in [0.25, 0.3) is 0 Å². The van der Waals surface area contributed by atoms with Gasteiger partial charge in [-0.3, -0.25) is 14.5 Å². The molecule has 2 heterocycles. The zero-order chi connectivity index (χ0) is 29.4. The molecule has 4 atom stereocenters. The zero-order valence-corrected chi connectivity index (χ0v) is 24.6. The van der Waals surface area contributed by atoms with Crippen LogP contribution in [0.5, 0.6) is 5.75 Å². The number of hydrogen-bond acceptors (Lipinski definition) is 5. The first kappa shape index (κ1) is 28.3. The standard InChI is InChI=1S/C35H35ClN2O4/c1-3-22-18-28-33(29-20-42-31(32(22)29)16-9-21(2)17-23-10-15-27(39)19-30(23)36)35(41)38(34(28)40)26-13-11-25(12-14-26)37-24-7-5-4-6-8-24/h4-8,10-15,17,19,28-29,31,33,37,39H,3,9,16,18,20H2,1-2H3/b21-17+/t28-,29+,31-,33-/m1/s1. The highest BCUT2D eigenvalue weighted by atomic mass is 35.5. The van der Waals surface area contributed by atoms with E-state index in [0.717, 1.165) is 41.8 Å². The molecule has 0 radical (unpaired) electrons. The fourth-order valence-corrected chi connectivity index (χ4v) is 7.01. The normalized spacial score (nSPS) is 23.8. The minimum Gasteiger partial charge on any atom is -0.508 e. The average Bonchev–Trinajstić information content (AvgIpc) is 3.52. The van der Waals surface area contributed by atoms with Crippen molar-refractivity contribution in [3.63, 3.8) is 0 Å². The second-order valence-electron chi connectivity index (χ2n) is 11.5. The number of aromatic hydroxyl groups is 1. The highest BCUT2D eigenvalue weighted by Crippen LogP contribution is 2.51. The van der Waals surface area contributed by atoms with E-state index < -0.39 is 0 Å². The van der Waals surface area contributed by atoms with E-state index in [1.807, 2.05) is 66.7 Å². The van der Waals surface area contributed by atoms with Crippen LogP contribution in [-0.4, -0.2) is 29.6 Å². The molecule has 42 heavy (non-hydrogen) atoms. The third kappa shape index (κ3) is 5.37. The average molecular weight is 583 g/mol. The third-order valence-electron chi connectivity index (χ3n) is 8.81. The molecule has 0 saturated carbocycles. The van der Waals surface area contributed by atoms with E-state index in [1.54, 1.807) is 12.1 Å². The molecule has 0 unspecified atom stereocenters. The molecule has 0 bridgehead atoms. The van der Waals surface area contributed by atoms with Gasteiger partial charge in [-0.25, -0.2) is 0 Å². The van der Waals surface area contributed by atoms with Gasteiger partial charge in [0.2, 0.25) is 11.8 Å². The topological polar surface area (TPSA) is 78.9 Å². The summed E-state index contributed by atoms with van der Waals surface area (Å²) < 4.78 is 6.34. The number of phenols is 1. The minimum absolute atomic E-state index is 0.0650. The number of nitrogens with one attached hydrogen (secondary N) is 1. The van der Waals surface area contributed by atoms with Crippen molar-refractivity contribution in [1.29, 1.82) is 0 Å². The molecule has 7 heteroatoms. The summed E-state index contributed by atoms with van der Waals surface area (Å²) in [7, 11) is 0. The Balaban J connectivity index is 1.17. The molecule has 3 aromatic rings. The SMILES string of the molecule is CCC1=C2[C@@H](CC/C(C)=C/c3ccc(O)cc3Cl)OC[C@@H]2[C@@H]2C(=O)N(c3ccc(Nc4ccccc4)cc3)C(=O)[C@@H]2C1. The van der Waals surface area contributed by atoms with Crippen LogP contribution in [0.15, 0.2) is 89.5 Å². The number of allylic oxidation sites excluding steroid dienone is 2. The number of carbonyl (C=O) groups is 2. The van der Waals surface area contributed by atoms with Gasteiger partial charge in [0.1, 0.15) is 5.75 Å². The Morgan fingerprint density at radius 1 is 1.02 bits per heavy atom. The van der Waals surface area contributed by atoms with E-state index in [4.69, 9.17) is 16.3 Å². The molecule has 2 saturated heterocycles. The number of para-hydroxylation sites is 1. The smallest absolute Gasteiger partial charge is 0.238 e. The first-order valence-corrected chi connectivity index (χ1v) is 15.0. The summed E-state index contributed by atoms with van der Waals surface area (Å²) in [5, 5.41) is 13.5. The Bertz CT molecular complexity index is 1560. The summed E-state index contributed by atoms with van der Waals surface area (Å²) in [6.07, 6.45) is 5.04. The maximum Gasteiger partial charge on any atom is 0.238 e. The molecule has 0 aromatic heterocycles. The Labute approximate surface area is 251 Å². The maximum absolute atomic E-state index is 13.9. The van der Waals surface area contributed by atoms with Gasteiger partial charge >= 0.3 is 0 Å². The van der Waals surface area contributed by atoms with Crippen molar-refractivity contribution in [2.45, 2.75) is 45.6 Å². The number of rotatable bonds is 8. The molecule has 6 rings (SSSR count). The Morgan fingerprint density at radius 3 is 2.48 bits per heavy atom. The van der Waals surface area contributed by atoms with Gasteiger partial charge in [0.15, 0.2) is 0 Å². The molecule has 2 fully saturated rings. The predicted molar refractivity (Wildman–Crippen MR) is 167 cm³/mol. The van der Waals surface area contributed by atoms with Gasteiger partial charge in [-0.2, -0.15) is 0 Å². The van der Waals surface area contributed by atoms with Crippen LogP contribution in [0.3, 0.4) is 0 Å². The molecule has 3 aromatic carbocycles. The summed E-state index contributed by atoms with van der Waals surface area (Å²) in [5.41, 5.74) is 7.00. The van der Waals surface area contributed by atoms with Crippen LogP contribution in [0.1, 0.15) is 45.1 Å². The second-order valence-corrected chi connectivity index (χ2v) is 11.9. The fraction of sp³-hybridized carbons (Fsp3) is 0.314. The Hall–Kier alpha value is -3.87. The van der Waals surface area contributed by atoms with Crippen LogP contribution in [-0.2, 0) is 14.3 Å². The molecule has 6 nitrogen and oxygen atoms in total. The molecule has 0 spiro atoms. The van der Waals surface area contributed by atoms with E-state index in [9.17, 15) is 14.7 Å². The van der Waals surface area contributed by atoms with Crippen LogP contribution >= 0.6 is 11.6 Å². The number of hydrogen-bond donors (Lipinski definition) is 2. The van der Waals surface area contributed by atoms with Gasteiger partial charge in [0.05, 0.1) is 35.3 Å². The van der Waals surface area contributed by atoms with Crippen LogP contribution < -0.4 is 10.2 Å². The molecule has 2 N–H and O–H groups in total. The molecule has 2 amide bonds. The molecule has 216 valence electrons. The van der Waals surface area contributed by atoms with Crippen LogP contribution in [0.2, 0.25) is 5.02 Å². The third-order valence-corrected chi connectivity index (χ3v) is 9.14. The lowest BCUT2D eigenvalue weighted by Crippen LogP contribution is -2.34. The van der Waals surface area contributed by atoms with Gasteiger partial charge in [-0.05, 0) is 98.3 Å². The number of ether oxygens (including phenoxy) is 1. The number of fused-ring (bicyclic) bond motifs is 3. The summed E-state index contributed by atoms with van der Waals surface area (Å²) in [4.78, 5) is 29.0. The van der Waals surface area contributed by atoms with Crippen LogP contribution in [0.4, 0.5) is 17.1 Å². The lowest BCUT2D eigenvalue weighted by Gasteiger charge is -2.31. The number of nitrogens with zero attached hydrogens (tertiary/aromatic N) is 1. The van der Waals surface area contributed by atoms with Crippen molar-refractivity contribution in [1.82, 2.24) is 0 Å². The molecule has 3 aliphatic rings. The molecule has 2 aliphatic heterocycles. The van der Waals surface area contributed by atoms with E-state index >= 15 is 0 Å². The predicted octanol–water partition coefficient (Wildman–Crippen LogP) is 7.90. The van der Waals surface area contributed by atoms with Crippen molar-refractivity contribution in [3.8, 4) is 5.75 Å². The number of carbonyl (C=O) groups excluding carboxylic acids is 2. The van der Waals surface area contributed by atoms with E-state index in [1.165, 1.54) is 16.0 Å².